The zero-order valence-electron chi connectivity index (χ0n) is 20.6. The number of phenols is 2. The lowest BCUT2D eigenvalue weighted by Crippen LogP contribution is -2.14. The SMILES string of the molecule is C=CCCc1c(Cl)c(O)cc(O)c1C(=O)OCCc1c(OC)c(OCOC)cc([N+](=O)[O-])c1OCOC. The maximum Gasteiger partial charge on any atom is 0.342 e. The van der Waals surface area contributed by atoms with Crippen molar-refractivity contribution in [3.8, 4) is 28.7 Å². The Balaban J connectivity index is 2.43. The maximum absolute atomic E-state index is 12.9. The molecule has 0 aliphatic carbocycles. The van der Waals surface area contributed by atoms with Crippen molar-refractivity contribution in [2.45, 2.75) is 19.3 Å². The number of rotatable bonds is 15. The average molecular weight is 542 g/mol. The number of aromatic hydroxyl groups is 2. The van der Waals surface area contributed by atoms with Crippen LogP contribution in [0.25, 0.3) is 0 Å². The smallest absolute Gasteiger partial charge is 0.342 e. The Morgan fingerprint density at radius 2 is 1.73 bits per heavy atom. The maximum atomic E-state index is 12.9. The monoisotopic (exact) mass is 541 g/mol. The van der Waals surface area contributed by atoms with Gasteiger partial charge in [0.2, 0.25) is 5.75 Å². The number of nitro benzene ring substituents is 1. The van der Waals surface area contributed by atoms with Gasteiger partial charge in [-0.05, 0) is 18.4 Å². The van der Waals surface area contributed by atoms with Crippen molar-refractivity contribution in [1.29, 1.82) is 0 Å². The number of carbonyl (C=O) groups excluding carboxylic acids is 1. The van der Waals surface area contributed by atoms with E-state index in [1.807, 2.05) is 0 Å². The summed E-state index contributed by atoms with van der Waals surface area (Å²) in [6.45, 7) is 2.79. The predicted octanol–water partition coefficient (Wildman–Crippen LogP) is 4.15. The van der Waals surface area contributed by atoms with E-state index in [1.165, 1.54) is 21.3 Å². The minimum absolute atomic E-state index is 0.0109. The molecule has 2 N–H and O–H groups in total. The number of methoxy groups -OCH3 is 3. The number of benzene rings is 2. The molecule has 2 aromatic rings. The van der Waals surface area contributed by atoms with Crippen molar-refractivity contribution >= 4 is 23.3 Å². The Bertz CT molecular complexity index is 1140. The zero-order chi connectivity index (χ0) is 27.5. The van der Waals surface area contributed by atoms with E-state index in [4.69, 9.17) is 40.0 Å². The first-order valence-electron chi connectivity index (χ1n) is 10.8. The fraction of sp³-hybridized carbons (Fsp3) is 0.375. The Labute approximate surface area is 218 Å². The van der Waals surface area contributed by atoms with Crippen LogP contribution in [0.15, 0.2) is 24.8 Å². The van der Waals surface area contributed by atoms with Crippen molar-refractivity contribution in [2.75, 3.05) is 41.5 Å². The quantitative estimate of drug-likeness (QED) is 0.110. The largest absolute Gasteiger partial charge is 0.507 e. The van der Waals surface area contributed by atoms with Gasteiger partial charge >= 0.3 is 11.7 Å². The Hall–Kier alpha value is -3.74. The molecular weight excluding hydrogens is 514 g/mol. The number of nitrogens with zero attached hydrogens (tertiary/aromatic N) is 1. The number of phenolic OH excluding ortho intramolecular Hbond substituents is 2. The highest BCUT2D eigenvalue weighted by atomic mass is 35.5. The molecule has 202 valence electrons. The molecule has 37 heavy (non-hydrogen) atoms. The van der Waals surface area contributed by atoms with Crippen LogP contribution in [0.5, 0.6) is 28.7 Å². The van der Waals surface area contributed by atoms with Gasteiger partial charge in [0, 0.05) is 26.7 Å². The van der Waals surface area contributed by atoms with E-state index >= 15 is 0 Å². The van der Waals surface area contributed by atoms with E-state index in [-0.39, 0.29) is 77.7 Å². The van der Waals surface area contributed by atoms with Gasteiger partial charge in [0.1, 0.15) is 17.1 Å². The minimum atomic E-state index is -0.918. The van der Waals surface area contributed by atoms with Crippen LogP contribution >= 0.6 is 11.6 Å². The number of carbonyl (C=O) groups is 1. The number of allylic oxidation sites excluding steroid dienone is 1. The van der Waals surface area contributed by atoms with Crippen LogP contribution in [0.4, 0.5) is 5.69 Å². The van der Waals surface area contributed by atoms with Gasteiger partial charge in [-0.25, -0.2) is 4.79 Å². The summed E-state index contributed by atoms with van der Waals surface area (Å²) in [7, 11) is 4.06. The number of hydrogen-bond acceptors (Lipinski definition) is 11. The molecule has 0 fully saturated rings. The second-order valence-electron chi connectivity index (χ2n) is 7.39. The second kappa shape index (κ2) is 14.1. The van der Waals surface area contributed by atoms with Crippen LogP contribution < -0.4 is 14.2 Å². The third kappa shape index (κ3) is 7.15. The van der Waals surface area contributed by atoms with Crippen molar-refractivity contribution in [2.24, 2.45) is 0 Å². The predicted molar refractivity (Wildman–Crippen MR) is 132 cm³/mol. The highest BCUT2D eigenvalue weighted by Gasteiger charge is 2.29. The fourth-order valence-corrected chi connectivity index (χ4v) is 3.71. The zero-order valence-corrected chi connectivity index (χ0v) is 21.3. The third-order valence-corrected chi connectivity index (χ3v) is 5.46. The van der Waals surface area contributed by atoms with Crippen LogP contribution in [0.3, 0.4) is 0 Å². The standard InChI is InChI=1S/C24H28ClNO11/c1-5-6-7-14-20(17(27)11-18(28)21(14)25)24(29)35-9-8-15-22(37-13-33-3)16(26(30)31)10-19(23(15)34-4)36-12-32-2/h5,10-11,27-28H,1,6-9,12-13H2,2-4H3. The molecule has 12 nitrogen and oxygen atoms in total. The molecule has 0 aromatic heterocycles. The molecule has 0 aliphatic rings. The number of halogens is 1. The Morgan fingerprint density at radius 1 is 1.05 bits per heavy atom. The van der Waals surface area contributed by atoms with Gasteiger partial charge in [-0.15, -0.1) is 6.58 Å². The van der Waals surface area contributed by atoms with E-state index in [9.17, 15) is 25.1 Å². The Morgan fingerprint density at radius 3 is 2.32 bits per heavy atom. The van der Waals surface area contributed by atoms with Gasteiger partial charge in [-0.3, -0.25) is 10.1 Å². The van der Waals surface area contributed by atoms with Crippen LogP contribution in [-0.2, 0) is 27.1 Å². The second-order valence-corrected chi connectivity index (χ2v) is 7.77. The Kier molecular flexibility index (Phi) is 11.2. The highest BCUT2D eigenvalue weighted by Crippen LogP contribution is 2.45. The fourth-order valence-electron chi connectivity index (χ4n) is 3.47. The van der Waals surface area contributed by atoms with E-state index in [0.29, 0.717) is 6.42 Å². The van der Waals surface area contributed by atoms with E-state index in [1.54, 1.807) is 6.08 Å². The molecule has 0 saturated heterocycles. The first-order chi connectivity index (χ1) is 17.7. The van der Waals surface area contributed by atoms with Crippen LogP contribution in [0, 0.1) is 10.1 Å². The van der Waals surface area contributed by atoms with Gasteiger partial charge in [-0.1, -0.05) is 17.7 Å². The first kappa shape index (κ1) is 29.5. The van der Waals surface area contributed by atoms with E-state index < -0.39 is 22.3 Å². The van der Waals surface area contributed by atoms with Gasteiger partial charge in [-0.2, -0.15) is 0 Å². The lowest BCUT2D eigenvalue weighted by Gasteiger charge is -2.18. The summed E-state index contributed by atoms with van der Waals surface area (Å²) in [5.74, 6) is -1.87. The summed E-state index contributed by atoms with van der Waals surface area (Å²) in [6, 6.07) is 2.07. The minimum Gasteiger partial charge on any atom is -0.507 e. The van der Waals surface area contributed by atoms with Gasteiger partial charge in [0.25, 0.3) is 0 Å². The van der Waals surface area contributed by atoms with Crippen molar-refractivity contribution in [1.82, 2.24) is 0 Å². The average Bonchev–Trinajstić information content (AvgIpc) is 2.87. The van der Waals surface area contributed by atoms with Crippen molar-refractivity contribution < 1.29 is 48.4 Å². The summed E-state index contributed by atoms with van der Waals surface area (Å²) >= 11 is 6.16. The van der Waals surface area contributed by atoms with E-state index in [0.717, 1.165) is 12.1 Å². The topological polar surface area (TPSA) is 156 Å². The molecule has 0 spiro atoms. The molecule has 2 rings (SSSR count). The molecule has 0 bridgehead atoms. The van der Waals surface area contributed by atoms with Gasteiger partial charge in [0.15, 0.2) is 25.1 Å². The summed E-state index contributed by atoms with van der Waals surface area (Å²) in [5.41, 5.74) is -0.278. The van der Waals surface area contributed by atoms with Gasteiger partial charge < -0.3 is 38.6 Å². The highest BCUT2D eigenvalue weighted by molar-refractivity contribution is 6.33. The summed E-state index contributed by atoms with van der Waals surface area (Å²) < 4.78 is 31.5. The van der Waals surface area contributed by atoms with Gasteiger partial charge in [0.05, 0.1) is 35.3 Å². The van der Waals surface area contributed by atoms with Crippen LogP contribution in [0.2, 0.25) is 5.02 Å². The molecule has 0 atom stereocenters. The summed E-state index contributed by atoms with van der Waals surface area (Å²) in [5, 5.41) is 31.9. The molecular formula is C24H28ClNO11. The molecule has 0 amide bonds. The van der Waals surface area contributed by atoms with Crippen molar-refractivity contribution in [3.05, 3.63) is 56.6 Å². The number of hydrogen-bond donors (Lipinski definition) is 2. The van der Waals surface area contributed by atoms with Crippen LogP contribution in [0.1, 0.15) is 27.9 Å². The molecule has 0 heterocycles. The van der Waals surface area contributed by atoms with Crippen LogP contribution in [-0.4, -0.2) is 62.6 Å². The molecule has 0 saturated carbocycles. The van der Waals surface area contributed by atoms with Crippen molar-refractivity contribution in [3.63, 3.8) is 0 Å². The lowest BCUT2D eigenvalue weighted by molar-refractivity contribution is -0.386. The molecule has 0 radical (unpaired) electrons. The lowest BCUT2D eigenvalue weighted by atomic mass is 10.0. The normalized spacial score (nSPS) is 10.6. The first-order valence-corrected chi connectivity index (χ1v) is 11.2. The number of esters is 1. The third-order valence-electron chi connectivity index (χ3n) is 5.04. The molecule has 0 unspecified atom stereocenters. The number of nitro groups is 1. The molecule has 0 aliphatic heterocycles. The molecule has 2 aromatic carbocycles. The number of ether oxygens (including phenoxy) is 6. The summed E-state index contributed by atoms with van der Waals surface area (Å²) in [6.07, 6.45) is 2.11. The van der Waals surface area contributed by atoms with E-state index in [2.05, 4.69) is 6.58 Å². The summed E-state index contributed by atoms with van der Waals surface area (Å²) in [4.78, 5) is 24.0. The molecule has 13 heteroatoms.